The third-order valence-corrected chi connectivity index (χ3v) is 11.2. The number of sulfonamides is 1. The lowest BCUT2D eigenvalue weighted by Crippen LogP contribution is -2.17. The molecule has 4 N–H and O–H groups in total. The Morgan fingerprint density at radius 3 is 1.49 bits per heavy atom. The Kier molecular flexibility index (Phi) is 13.3. The van der Waals surface area contributed by atoms with Gasteiger partial charge in [-0.25, -0.2) is 50.7 Å². The monoisotopic (exact) mass is 939 g/mol. The molecule has 16 nitrogen and oxygen atoms in total. The molecule has 2 heterocycles. The number of amides is 2. The average Bonchev–Trinajstić information content (AvgIpc) is 3.27. The predicted octanol–water partition coefficient (Wildman–Crippen LogP) is 8.34. The summed E-state index contributed by atoms with van der Waals surface area (Å²) in [5.41, 5.74) is 1.89. The lowest BCUT2D eigenvalue weighted by molar-refractivity contribution is 0.101. The Bertz CT molecular complexity index is 3390. The highest BCUT2D eigenvalue weighted by atomic mass is 35.5. The fraction of sp³-hybridized carbons (Fsp3) is 0.0455. The zero-order chi connectivity index (χ0) is 46.5. The number of rotatable bonds is 11. The van der Waals surface area contributed by atoms with Gasteiger partial charge in [-0.1, -0.05) is 48.0 Å². The van der Waals surface area contributed by atoms with Crippen LogP contribution in [0.2, 0.25) is 5.02 Å². The van der Waals surface area contributed by atoms with Crippen LogP contribution in [0.15, 0.2) is 143 Å². The smallest absolute Gasteiger partial charge is 0.279 e. The van der Waals surface area contributed by atoms with Gasteiger partial charge in [0.1, 0.15) is 17.4 Å². The van der Waals surface area contributed by atoms with Crippen molar-refractivity contribution in [2.24, 2.45) is 5.14 Å². The molecule has 0 saturated heterocycles. The van der Waals surface area contributed by atoms with Gasteiger partial charge in [-0.15, -0.1) is 0 Å². The van der Waals surface area contributed by atoms with E-state index >= 15 is 0 Å². The standard InChI is InChI=1S/C23H18FN3O5S.C21H14ClFN4O4S/c1-31-20-12-14(24)10-11-19(20)32-23-21(26-17-8-3-4-9-18(17)27-23)22(28)25-15-6-5-7-16(13-15)33(2,29)30;22-15-10-12(23)8-9-18(15)31-21-19(26-16-6-1-2-7-17(16)27-21)20(28)25-13-4-3-5-14(11-13)32(24,29)30/h3-13H,1-2H3,(H,25,28);1-11H,(H,25,28)(H2,24,29,30). The van der Waals surface area contributed by atoms with Crippen molar-refractivity contribution in [3.63, 3.8) is 0 Å². The quantitative estimate of drug-likeness (QED) is 0.111. The molecule has 330 valence electrons. The van der Waals surface area contributed by atoms with Gasteiger partial charge in [-0.2, -0.15) is 0 Å². The van der Waals surface area contributed by atoms with Crippen LogP contribution in [0.1, 0.15) is 21.0 Å². The highest BCUT2D eigenvalue weighted by Gasteiger charge is 2.23. The predicted molar refractivity (Wildman–Crippen MR) is 237 cm³/mol. The summed E-state index contributed by atoms with van der Waals surface area (Å²) < 4.78 is 90.4. The number of carbonyl (C=O) groups is 2. The van der Waals surface area contributed by atoms with Crippen molar-refractivity contribution >= 4 is 76.7 Å². The van der Waals surface area contributed by atoms with E-state index in [0.717, 1.165) is 24.5 Å². The van der Waals surface area contributed by atoms with Crippen molar-refractivity contribution in [2.75, 3.05) is 24.0 Å². The van der Waals surface area contributed by atoms with Gasteiger partial charge in [-0.3, -0.25) is 9.59 Å². The molecule has 0 spiro atoms. The highest BCUT2D eigenvalue weighted by Crippen LogP contribution is 2.34. The van der Waals surface area contributed by atoms with Crippen LogP contribution in [-0.4, -0.2) is 62.0 Å². The summed E-state index contributed by atoms with van der Waals surface area (Å²) in [4.78, 5) is 43.4. The highest BCUT2D eigenvalue weighted by molar-refractivity contribution is 7.90. The second-order valence-corrected chi connectivity index (χ2v) is 17.6. The maximum Gasteiger partial charge on any atom is 0.279 e. The molecule has 0 radical (unpaired) electrons. The SMILES string of the molecule is COc1cc(F)ccc1Oc1nc2ccccc2nc1C(=O)Nc1cccc(S(C)(=O)=O)c1.NS(=O)(=O)c1cccc(NC(=O)c2nc3ccccc3nc2Oc2ccc(F)cc2Cl)c1. The zero-order valence-electron chi connectivity index (χ0n) is 33.7. The Balaban J connectivity index is 0.000000194. The number of carbonyl (C=O) groups excluding carboxylic acids is 2. The Morgan fingerprint density at radius 2 is 1.02 bits per heavy atom. The fourth-order valence-electron chi connectivity index (χ4n) is 5.83. The number of aromatic nitrogens is 4. The third-order valence-electron chi connectivity index (χ3n) is 8.88. The summed E-state index contributed by atoms with van der Waals surface area (Å²) in [6.07, 6.45) is 1.07. The third kappa shape index (κ3) is 11.1. The van der Waals surface area contributed by atoms with Crippen LogP contribution in [-0.2, 0) is 19.9 Å². The van der Waals surface area contributed by atoms with Crippen LogP contribution in [0.3, 0.4) is 0 Å². The number of anilines is 2. The number of methoxy groups -OCH3 is 1. The first-order valence-corrected chi connectivity index (χ1v) is 22.5. The molecular formula is C44H32ClF2N7O9S2. The molecule has 0 atom stereocenters. The Morgan fingerprint density at radius 1 is 0.569 bits per heavy atom. The summed E-state index contributed by atoms with van der Waals surface area (Å²) in [5, 5.41) is 10.3. The van der Waals surface area contributed by atoms with E-state index in [1.807, 2.05) is 0 Å². The number of nitrogens with one attached hydrogen (secondary N) is 2. The number of sulfone groups is 1. The van der Waals surface area contributed by atoms with Crippen LogP contribution >= 0.6 is 11.6 Å². The molecule has 2 amide bonds. The second kappa shape index (κ2) is 19.0. The topological polar surface area (TPSA) is 232 Å². The molecule has 65 heavy (non-hydrogen) atoms. The van der Waals surface area contributed by atoms with Crippen molar-refractivity contribution < 1.29 is 49.4 Å². The zero-order valence-corrected chi connectivity index (χ0v) is 36.1. The first-order chi connectivity index (χ1) is 30.9. The molecule has 2 aromatic heterocycles. The van der Waals surface area contributed by atoms with Crippen molar-refractivity contribution in [3.05, 3.63) is 162 Å². The maximum atomic E-state index is 13.6. The number of benzene rings is 6. The first-order valence-electron chi connectivity index (χ1n) is 18.7. The second-order valence-electron chi connectivity index (χ2n) is 13.6. The maximum absolute atomic E-state index is 13.6. The molecule has 0 aliphatic carbocycles. The van der Waals surface area contributed by atoms with E-state index in [1.165, 1.54) is 67.8 Å². The summed E-state index contributed by atoms with van der Waals surface area (Å²) in [6.45, 7) is 0. The van der Waals surface area contributed by atoms with Crippen molar-refractivity contribution in [3.8, 4) is 29.0 Å². The van der Waals surface area contributed by atoms with Gasteiger partial charge < -0.3 is 24.8 Å². The molecule has 0 aliphatic rings. The van der Waals surface area contributed by atoms with Crippen LogP contribution in [0.25, 0.3) is 22.1 Å². The summed E-state index contributed by atoms with van der Waals surface area (Å²) in [5.74, 6) is -2.45. The number of hydrogen-bond donors (Lipinski definition) is 3. The van der Waals surface area contributed by atoms with Gasteiger partial charge in [-0.05, 0) is 91.0 Å². The van der Waals surface area contributed by atoms with E-state index in [-0.39, 0.29) is 66.6 Å². The van der Waals surface area contributed by atoms with Gasteiger partial charge in [0.15, 0.2) is 32.7 Å². The minimum Gasteiger partial charge on any atom is -0.493 e. The number of ether oxygens (including phenoxy) is 3. The summed E-state index contributed by atoms with van der Waals surface area (Å²) in [7, 11) is -6.07. The lowest BCUT2D eigenvalue weighted by Gasteiger charge is -2.13. The van der Waals surface area contributed by atoms with Gasteiger partial charge in [0.05, 0.1) is 44.0 Å². The first kappa shape index (κ1) is 45.4. The normalized spacial score (nSPS) is 11.3. The van der Waals surface area contributed by atoms with E-state index in [4.69, 9.17) is 31.0 Å². The van der Waals surface area contributed by atoms with Crippen molar-refractivity contribution in [1.29, 1.82) is 0 Å². The Hall–Kier alpha value is -7.65. The number of nitrogens with two attached hydrogens (primary N) is 1. The van der Waals surface area contributed by atoms with Gasteiger partial charge in [0.2, 0.25) is 10.0 Å². The largest absolute Gasteiger partial charge is 0.493 e. The molecular weight excluding hydrogens is 908 g/mol. The molecule has 0 aliphatic heterocycles. The van der Waals surface area contributed by atoms with Gasteiger partial charge in [0.25, 0.3) is 23.6 Å². The van der Waals surface area contributed by atoms with E-state index < -0.39 is 43.3 Å². The molecule has 6 aromatic carbocycles. The number of fused-ring (bicyclic) bond motifs is 2. The van der Waals surface area contributed by atoms with Gasteiger partial charge in [0, 0.05) is 23.7 Å². The van der Waals surface area contributed by atoms with E-state index in [0.29, 0.717) is 22.1 Å². The lowest BCUT2D eigenvalue weighted by atomic mass is 10.2. The van der Waals surface area contributed by atoms with E-state index in [1.54, 1.807) is 54.6 Å². The minimum atomic E-state index is -3.96. The van der Waals surface area contributed by atoms with Crippen molar-refractivity contribution in [1.82, 2.24) is 19.9 Å². The molecule has 8 aromatic rings. The van der Waals surface area contributed by atoms with Crippen LogP contribution in [0.4, 0.5) is 20.2 Å². The number of hydrogen-bond acceptors (Lipinski definition) is 13. The number of halogens is 3. The minimum absolute atomic E-state index is 0.0211. The Labute approximate surface area is 374 Å². The molecule has 0 unspecified atom stereocenters. The molecule has 0 fully saturated rings. The van der Waals surface area contributed by atoms with E-state index in [9.17, 15) is 35.2 Å². The molecule has 0 bridgehead atoms. The molecule has 21 heteroatoms. The number of primary sulfonamides is 1. The van der Waals surface area contributed by atoms with Gasteiger partial charge >= 0.3 is 0 Å². The van der Waals surface area contributed by atoms with E-state index in [2.05, 4.69) is 30.6 Å². The number of para-hydroxylation sites is 4. The number of nitrogens with zero attached hydrogens (tertiary/aromatic N) is 4. The molecule has 0 saturated carbocycles. The fourth-order valence-corrected chi connectivity index (χ4v) is 7.27. The van der Waals surface area contributed by atoms with Crippen molar-refractivity contribution in [2.45, 2.75) is 9.79 Å². The summed E-state index contributed by atoms with van der Waals surface area (Å²) in [6, 6.07) is 32.1. The summed E-state index contributed by atoms with van der Waals surface area (Å²) >= 11 is 6.04. The van der Waals surface area contributed by atoms with Crippen LogP contribution in [0, 0.1) is 11.6 Å². The van der Waals surface area contributed by atoms with Crippen LogP contribution in [0.5, 0.6) is 29.0 Å². The molecule has 8 rings (SSSR count). The average molecular weight is 940 g/mol. The van der Waals surface area contributed by atoms with Crippen LogP contribution < -0.4 is 30.0 Å².